The second-order valence-electron chi connectivity index (χ2n) is 19.2. The highest BCUT2D eigenvalue weighted by Gasteiger charge is 2.19. The molecular formula is C62H108O6. The number of carbonyl (C=O) groups is 3. The molecule has 0 radical (unpaired) electrons. The third kappa shape index (κ3) is 53.8. The number of ether oxygens (including phenoxy) is 3. The maximum absolute atomic E-state index is 12.8. The van der Waals surface area contributed by atoms with E-state index < -0.39 is 6.10 Å². The molecule has 0 fully saturated rings. The fourth-order valence-electron chi connectivity index (χ4n) is 8.04. The van der Waals surface area contributed by atoms with E-state index in [0.29, 0.717) is 19.3 Å². The maximum Gasteiger partial charge on any atom is 0.306 e. The number of hydrogen-bond acceptors (Lipinski definition) is 6. The van der Waals surface area contributed by atoms with Gasteiger partial charge in [0.25, 0.3) is 0 Å². The molecule has 0 bridgehead atoms. The quantitative estimate of drug-likeness (QED) is 0.0262. The fourth-order valence-corrected chi connectivity index (χ4v) is 8.04. The smallest absolute Gasteiger partial charge is 0.306 e. The van der Waals surface area contributed by atoms with Crippen molar-refractivity contribution >= 4 is 17.9 Å². The summed E-state index contributed by atoms with van der Waals surface area (Å²) in [5, 5.41) is 0. The van der Waals surface area contributed by atoms with Crippen molar-refractivity contribution in [1.29, 1.82) is 0 Å². The Morgan fingerprint density at radius 1 is 0.294 bits per heavy atom. The number of unbranched alkanes of at least 4 members (excludes halogenated alkanes) is 29. The van der Waals surface area contributed by atoms with Crippen molar-refractivity contribution in [2.24, 2.45) is 0 Å². The predicted molar refractivity (Wildman–Crippen MR) is 293 cm³/mol. The van der Waals surface area contributed by atoms with Crippen LogP contribution in [0.15, 0.2) is 72.9 Å². The molecule has 1 atom stereocenters. The van der Waals surface area contributed by atoms with E-state index in [2.05, 4.69) is 93.7 Å². The van der Waals surface area contributed by atoms with E-state index in [1.165, 1.54) is 141 Å². The molecule has 0 spiro atoms. The zero-order valence-corrected chi connectivity index (χ0v) is 44.9. The molecule has 0 aliphatic heterocycles. The monoisotopic (exact) mass is 949 g/mol. The van der Waals surface area contributed by atoms with Crippen molar-refractivity contribution in [3.63, 3.8) is 0 Å². The highest BCUT2D eigenvalue weighted by atomic mass is 16.6. The van der Waals surface area contributed by atoms with Crippen LogP contribution in [0.25, 0.3) is 0 Å². The summed E-state index contributed by atoms with van der Waals surface area (Å²) in [7, 11) is 0. The second kappa shape index (κ2) is 56.4. The lowest BCUT2D eigenvalue weighted by molar-refractivity contribution is -0.167. The zero-order chi connectivity index (χ0) is 49.3. The van der Waals surface area contributed by atoms with Crippen molar-refractivity contribution in [3.05, 3.63) is 72.9 Å². The number of esters is 3. The van der Waals surface area contributed by atoms with Crippen molar-refractivity contribution in [3.8, 4) is 0 Å². The first-order chi connectivity index (χ1) is 33.5. The Morgan fingerprint density at radius 3 is 0.853 bits per heavy atom. The summed E-state index contributed by atoms with van der Waals surface area (Å²) < 4.78 is 16.9. The number of allylic oxidation sites excluding steroid dienone is 12. The third-order valence-electron chi connectivity index (χ3n) is 12.4. The molecule has 0 aliphatic carbocycles. The van der Waals surface area contributed by atoms with Gasteiger partial charge in [0.2, 0.25) is 0 Å². The summed E-state index contributed by atoms with van der Waals surface area (Å²) in [5.74, 6) is -0.912. The maximum atomic E-state index is 12.8. The summed E-state index contributed by atoms with van der Waals surface area (Å²) in [6.07, 6.45) is 71.7. The zero-order valence-electron chi connectivity index (χ0n) is 44.9. The molecule has 68 heavy (non-hydrogen) atoms. The SMILES string of the molecule is CCCCC/C=C\C/C=C\C/C=C\CCCCCCCCC(=O)OC[C@@H](COC(=O)CCCCCCCCCCCCCCCC)OC(=O)CCCCCC/C=C\C/C=C\C/C=C\CCCCC. The van der Waals surface area contributed by atoms with E-state index in [4.69, 9.17) is 14.2 Å². The Hall–Kier alpha value is -3.15. The molecule has 0 N–H and O–H groups in total. The standard InChI is InChI=1S/C62H108O6/c1-4-7-10-13-16-19-22-25-28-30-31-33-34-37-40-43-46-49-52-55-61(64)67-58-59(57-66-60(63)54-51-48-45-42-39-36-27-24-21-18-15-12-9-6-3)68-62(65)56-53-50-47-44-41-38-35-32-29-26-23-20-17-14-11-8-5-2/h16-17,19-20,25-26,28-29,31,33,35,38,59H,4-15,18,21-24,27,30,32,34,36-37,39-58H2,1-3H3/b19-16-,20-17-,28-25-,29-26-,33-31-,38-35-/t59-/m1/s1. The van der Waals surface area contributed by atoms with E-state index >= 15 is 0 Å². The van der Waals surface area contributed by atoms with Crippen LogP contribution in [0.3, 0.4) is 0 Å². The summed E-state index contributed by atoms with van der Waals surface area (Å²) in [5.41, 5.74) is 0. The van der Waals surface area contributed by atoms with Gasteiger partial charge in [0.15, 0.2) is 6.10 Å². The van der Waals surface area contributed by atoms with E-state index in [1.807, 2.05) is 0 Å². The normalized spacial score (nSPS) is 12.6. The summed E-state index contributed by atoms with van der Waals surface area (Å²) in [6, 6.07) is 0. The molecule has 0 aromatic heterocycles. The lowest BCUT2D eigenvalue weighted by atomic mass is 10.0. The minimum atomic E-state index is -0.792. The van der Waals surface area contributed by atoms with Crippen LogP contribution in [-0.2, 0) is 28.6 Å². The Labute approximate surface area is 421 Å². The summed E-state index contributed by atoms with van der Waals surface area (Å²) >= 11 is 0. The summed E-state index contributed by atoms with van der Waals surface area (Å²) in [4.78, 5) is 38.2. The molecule has 0 saturated carbocycles. The minimum absolute atomic E-state index is 0.0868. The molecule has 0 aliphatic rings. The van der Waals surface area contributed by atoms with Crippen molar-refractivity contribution in [2.45, 2.75) is 290 Å². The average molecular weight is 950 g/mol. The lowest BCUT2D eigenvalue weighted by Crippen LogP contribution is -2.30. The highest BCUT2D eigenvalue weighted by molar-refractivity contribution is 5.71. The van der Waals surface area contributed by atoms with Gasteiger partial charge >= 0.3 is 17.9 Å². The van der Waals surface area contributed by atoms with Crippen LogP contribution < -0.4 is 0 Å². The van der Waals surface area contributed by atoms with Gasteiger partial charge < -0.3 is 14.2 Å². The van der Waals surface area contributed by atoms with Crippen LogP contribution in [-0.4, -0.2) is 37.2 Å². The van der Waals surface area contributed by atoms with Crippen LogP contribution in [0.1, 0.15) is 284 Å². The van der Waals surface area contributed by atoms with Crippen LogP contribution in [0.5, 0.6) is 0 Å². The van der Waals surface area contributed by atoms with E-state index in [-0.39, 0.29) is 31.1 Å². The molecule has 0 aromatic rings. The topological polar surface area (TPSA) is 78.9 Å². The molecule has 0 unspecified atom stereocenters. The molecule has 0 saturated heterocycles. The molecule has 392 valence electrons. The fraction of sp³-hybridized carbons (Fsp3) is 0.758. The molecule has 0 aromatic carbocycles. The van der Waals surface area contributed by atoms with Crippen LogP contribution in [0.4, 0.5) is 0 Å². The molecule has 0 heterocycles. The minimum Gasteiger partial charge on any atom is -0.462 e. The van der Waals surface area contributed by atoms with Gasteiger partial charge in [-0.2, -0.15) is 0 Å². The molecule has 6 heteroatoms. The van der Waals surface area contributed by atoms with Gasteiger partial charge in [-0.25, -0.2) is 0 Å². The Balaban J connectivity index is 4.43. The summed E-state index contributed by atoms with van der Waals surface area (Å²) in [6.45, 7) is 6.58. The first-order valence-corrected chi connectivity index (χ1v) is 28.9. The molecule has 6 nitrogen and oxygen atoms in total. The Morgan fingerprint density at radius 2 is 0.529 bits per heavy atom. The molecular weight excluding hydrogens is 841 g/mol. The third-order valence-corrected chi connectivity index (χ3v) is 12.4. The van der Waals surface area contributed by atoms with Crippen molar-refractivity contribution in [1.82, 2.24) is 0 Å². The Kier molecular flexibility index (Phi) is 53.8. The van der Waals surface area contributed by atoms with Gasteiger partial charge in [-0.1, -0.05) is 241 Å². The van der Waals surface area contributed by atoms with Gasteiger partial charge in [0, 0.05) is 19.3 Å². The second-order valence-corrected chi connectivity index (χ2v) is 19.2. The van der Waals surface area contributed by atoms with Crippen LogP contribution in [0.2, 0.25) is 0 Å². The van der Waals surface area contributed by atoms with Gasteiger partial charge in [-0.05, 0) is 96.3 Å². The van der Waals surface area contributed by atoms with Crippen LogP contribution >= 0.6 is 0 Å². The number of carbonyl (C=O) groups excluding carboxylic acids is 3. The molecule has 0 amide bonds. The largest absolute Gasteiger partial charge is 0.462 e. The average Bonchev–Trinajstić information content (AvgIpc) is 3.34. The van der Waals surface area contributed by atoms with Crippen molar-refractivity contribution in [2.75, 3.05) is 13.2 Å². The molecule has 0 rings (SSSR count). The number of rotatable bonds is 52. The Bertz CT molecular complexity index is 1270. The van der Waals surface area contributed by atoms with Gasteiger partial charge in [0.1, 0.15) is 13.2 Å². The first kappa shape index (κ1) is 64.8. The van der Waals surface area contributed by atoms with E-state index in [1.54, 1.807) is 0 Å². The van der Waals surface area contributed by atoms with Gasteiger partial charge in [0.05, 0.1) is 0 Å². The van der Waals surface area contributed by atoms with E-state index in [0.717, 1.165) is 103 Å². The highest BCUT2D eigenvalue weighted by Crippen LogP contribution is 2.15. The van der Waals surface area contributed by atoms with Crippen LogP contribution in [0, 0.1) is 0 Å². The van der Waals surface area contributed by atoms with Gasteiger partial charge in [-0.3, -0.25) is 14.4 Å². The first-order valence-electron chi connectivity index (χ1n) is 28.9. The van der Waals surface area contributed by atoms with E-state index in [9.17, 15) is 14.4 Å². The lowest BCUT2D eigenvalue weighted by Gasteiger charge is -2.18. The van der Waals surface area contributed by atoms with Gasteiger partial charge in [-0.15, -0.1) is 0 Å². The van der Waals surface area contributed by atoms with Crippen molar-refractivity contribution < 1.29 is 28.6 Å². The predicted octanol–water partition coefficient (Wildman–Crippen LogP) is 19.4. The number of hydrogen-bond donors (Lipinski definition) is 0.